The van der Waals surface area contributed by atoms with Gasteiger partial charge in [0.05, 0.1) is 7.11 Å². The number of hydrogen-bond acceptors (Lipinski definition) is 5. The zero-order valence-electron chi connectivity index (χ0n) is 11.8. The Bertz CT molecular complexity index is 593. The van der Waals surface area contributed by atoms with Gasteiger partial charge in [-0.25, -0.2) is 15.0 Å². The Morgan fingerprint density at radius 1 is 1.30 bits per heavy atom. The highest BCUT2D eigenvalue weighted by Crippen LogP contribution is 2.39. The molecule has 1 fully saturated rings. The Morgan fingerprint density at radius 3 is 2.75 bits per heavy atom. The number of anilines is 1. The van der Waals surface area contributed by atoms with Crippen molar-refractivity contribution < 1.29 is 4.74 Å². The SMILES string of the molecule is CNc1cc(C2CC2)nc(Cc2ccc(OC)nc2)n1. The number of pyridine rings is 1. The van der Waals surface area contributed by atoms with E-state index in [1.54, 1.807) is 7.11 Å². The van der Waals surface area contributed by atoms with Crippen molar-refractivity contribution in [2.45, 2.75) is 25.2 Å². The van der Waals surface area contributed by atoms with Crippen LogP contribution in [0.5, 0.6) is 5.88 Å². The molecule has 5 nitrogen and oxygen atoms in total. The number of nitrogens with one attached hydrogen (secondary N) is 1. The molecule has 1 aliphatic rings. The van der Waals surface area contributed by atoms with Crippen LogP contribution >= 0.6 is 0 Å². The Balaban J connectivity index is 1.83. The van der Waals surface area contributed by atoms with Crippen molar-refractivity contribution in [1.82, 2.24) is 15.0 Å². The Labute approximate surface area is 118 Å². The van der Waals surface area contributed by atoms with Crippen LogP contribution < -0.4 is 10.1 Å². The average Bonchev–Trinajstić information content (AvgIpc) is 3.32. The smallest absolute Gasteiger partial charge is 0.212 e. The van der Waals surface area contributed by atoms with Gasteiger partial charge in [-0.3, -0.25) is 0 Å². The molecule has 1 saturated carbocycles. The Hall–Kier alpha value is -2.17. The van der Waals surface area contributed by atoms with Gasteiger partial charge in [-0.15, -0.1) is 0 Å². The third-order valence-electron chi connectivity index (χ3n) is 3.41. The summed E-state index contributed by atoms with van der Waals surface area (Å²) in [5.41, 5.74) is 2.24. The summed E-state index contributed by atoms with van der Waals surface area (Å²) < 4.78 is 5.06. The maximum atomic E-state index is 5.06. The first kappa shape index (κ1) is 12.8. The lowest BCUT2D eigenvalue weighted by atomic mass is 10.2. The van der Waals surface area contributed by atoms with Crippen LogP contribution in [-0.2, 0) is 6.42 Å². The third kappa shape index (κ3) is 2.87. The molecule has 0 aromatic carbocycles. The van der Waals surface area contributed by atoms with Gasteiger partial charge in [0.15, 0.2) is 0 Å². The summed E-state index contributed by atoms with van der Waals surface area (Å²) >= 11 is 0. The molecule has 0 radical (unpaired) electrons. The first-order chi connectivity index (χ1) is 9.78. The molecule has 0 atom stereocenters. The molecule has 0 saturated heterocycles. The third-order valence-corrected chi connectivity index (χ3v) is 3.41. The minimum atomic E-state index is 0.623. The summed E-state index contributed by atoms with van der Waals surface area (Å²) in [6, 6.07) is 5.91. The monoisotopic (exact) mass is 270 g/mol. The van der Waals surface area contributed by atoms with Gasteiger partial charge in [0.2, 0.25) is 5.88 Å². The fourth-order valence-corrected chi connectivity index (χ4v) is 2.13. The minimum Gasteiger partial charge on any atom is -0.481 e. The van der Waals surface area contributed by atoms with E-state index in [0.29, 0.717) is 18.2 Å². The number of aromatic nitrogens is 3. The Kier molecular flexibility index (Phi) is 3.50. The van der Waals surface area contributed by atoms with Gasteiger partial charge in [-0.05, 0) is 18.4 Å². The van der Waals surface area contributed by atoms with Crippen molar-refractivity contribution in [3.05, 3.63) is 41.5 Å². The average molecular weight is 270 g/mol. The van der Waals surface area contributed by atoms with Crippen molar-refractivity contribution in [2.75, 3.05) is 19.5 Å². The van der Waals surface area contributed by atoms with Gasteiger partial charge in [-0.1, -0.05) is 6.07 Å². The molecule has 2 aromatic rings. The van der Waals surface area contributed by atoms with E-state index in [1.807, 2.05) is 31.4 Å². The van der Waals surface area contributed by atoms with Crippen molar-refractivity contribution in [3.63, 3.8) is 0 Å². The van der Waals surface area contributed by atoms with Crippen LogP contribution in [0.1, 0.15) is 35.8 Å². The molecule has 5 heteroatoms. The molecule has 0 bridgehead atoms. The summed E-state index contributed by atoms with van der Waals surface area (Å²) in [7, 11) is 3.50. The van der Waals surface area contributed by atoms with E-state index in [4.69, 9.17) is 4.74 Å². The number of hydrogen-bond donors (Lipinski definition) is 1. The predicted molar refractivity (Wildman–Crippen MR) is 77.1 cm³/mol. The lowest BCUT2D eigenvalue weighted by Gasteiger charge is -2.07. The molecule has 1 N–H and O–H groups in total. The van der Waals surface area contributed by atoms with Crippen LogP contribution in [0.15, 0.2) is 24.4 Å². The van der Waals surface area contributed by atoms with Crippen LogP contribution in [0.4, 0.5) is 5.82 Å². The largest absolute Gasteiger partial charge is 0.481 e. The van der Waals surface area contributed by atoms with Gasteiger partial charge >= 0.3 is 0 Å². The normalized spacial score (nSPS) is 14.1. The van der Waals surface area contributed by atoms with E-state index >= 15 is 0 Å². The fraction of sp³-hybridized carbons (Fsp3) is 0.400. The molecule has 20 heavy (non-hydrogen) atoms. The van der Waals surface area contributed by atoms with E-state index in [2.05, 4.69) is 20.3 Å². The molecule has 1 aliphatic carbocycles. The van der Waals surface area contributed by atoms with Gasteiger partial charge in [-0.2, -0.15) is 0 Å². The van der Waals surface area contributed by atoms with Crippen molar-refractivity contribution in [1.29, 1.82) is 0 Å². The van der Waals surface area contributed by atoms with Crippen LogP contribution in [0.3, 0.4) is 0 Å². The molecule has 3 rings (SSSR count). The first-order valence-corrected chi connectivity index (χ1v) is 6.83. The molecule has 0 spiro atoms. The molecular weight excluding hydrogens is 252 g/mol. The quantitative estimate of drug-likeness (QED) is 0.904. The number of ether oxygens (including phenoxy) is 1. The van der Waals surface area contributed by atoms with Gasteiger partial charge in [0, 0.05) is 43.4 Å². The number of nitrogens with zero attached hydrogens (tertiary/aromatic N) is 3. The predicted octanol–water partition coefficient (Wildman–Crippen LogP) is 2.39. The number of methoxy groups -OCH3 is 1. The van der Waals surface area contributed by atoms with E-state index in [1.165, 1.54) is 12.8 Å². The summed E-state index contributed by atoms with van der Waals surface area (Å²) in [5, 5.41) is 3.11. The van der Waals surface area contributed by atoms with E-state index in [9.17, 15) is 0 Å². The standard InChI is InChI=1S/C15H18N4O/c1-16-13-8-12(11-4-5-11)18-14(19-13)7-10-3-6-15(20-2)17-9-10/h3,6,8-9,11H,4-5,7H2,1-2H3,(H,16,18,19). The van der Waals surface area contributed by atoms with Gasteiger partial charge in [0.1, 0.15) is 11.6 Å². The topological polar surface area (TPSA) is 59.9 Å². The zero-order valence-corrected chi connectivity index (χ0v) is 11.8. The maximum absolute atomic E-state index is 5.06. The van der Waals surface area contributed by atoms with E-state index in [-0.39, 0.29) is 0 Å². The minimum absolute atomic E-state index is 0.623. The molecule has 0 aliphatic heterocycles. The highest BCUT2D eigenvalue weighted by Gasteiger charge is 2.26. The lowest BCUT2D eigenvalue weighted by Crippen LogP contribution is -2.04. The highest BCUT2D eigenvalue weighted by molar-refractivity contribution is 5.38. The van der Waals surface area contributed by atoms with Crippen molar-refractivity contribution in [3.8, 4) is 5.88 Å². The summed E-state index contributed by atoms with van der Waals surface area (Å²) in [4.78, 5) is 13.4. The summed E-state index contributed by atoms with van der Waals surface area (Å²) in [5.74, 6) is 2.97. The number of rotatable bonds is 5. The lowest BCUT2D eigenvalue weighted by molar-refractivity contribution is 0.397. The molecule has 104 valence electrons. The van der Waals surface area contributed by atoms with Crippen LogP contribution in [0.2, 0.25) is 0 Å². The zero-order chi connectivity index (χ0) is 13.9. The second kappa shape index (κ2) is 5.45. The first-order valence-electron chi connectivity index (χ1n) is 6.83. The fourth-order valence-electron chi connectivity index (χ4n) is 2.13. The van der Waals surface area contributed by atoms with E-state index in [0.717, 1.165) is 22.9 Å². The second-order valence-corrected chi connectivity index (χ2v) is 5.00. The van der Waals surface area contributed by atoms with E-state index < -0.39 is 0 Å². The molecule has 2 heterocycles. The van der Waals surface area contributed by atoms with Crippen LogP contribution in [0.25, 0.3) is 0 Å². The van der Waals surface area contributed by atoms with Gasteiger partial charge in [0.25, 0.3) is 0 Å². The molecule has 0 amide bonds. The van der Waals surface area contributed by atoms with Crippen molar-refractivity contribution >= 4 is 5.82 Å². The summed E-state index contributed by atoms with van der Waals surface area (Å²) in [6.07, 6.45) is 4.98. The molecule has 2 aromatic heterocycles. The van der Waals surface area contributed by atoms with Gasteiger partial charge < -0.3 is 10.1 Å². The molecular formula is C15H18N4O. The highest BCUT2D eigenvalue weighted by atomic mass is 16.5. The maximum Gasteiger partial charge on any atom is 0.212 e. The second-order valence-electron chi connectivity index (χ2n) is 5.00. The van der Waals surface area contributed by atoms with Crippen LogP contribution in [-0.4, -0.2) is 29.1 Å². The summed E-state index contributed by atoms with van der Waals surface area (Å²) in [6.45, 7) is 0. The molecule has 0 unspecified atom stereocenters. The Morgan fingerprint density at radius 2 is 2.15 bits per heavy atom. The van der Waals surface area contributed by atoms with Crippen molar-refractivity contribution in [2.24, 2.45) is 0 Å². The van der Waals surface area contributed by atoms with Crippen LogP contribution in [0, 0.1) is 0 Å².